The molecular weight excluding hydrogens is 316 g/mol. The topological polar surface area (TPSA) is 69.9 Å². The zero-order valence-electron chi connectivity index (χ0n) is 16.2. The summed E-state index contributed by atoms with van der Waals surface area (Å²) >= 11 is 0. The Labute approximate surface area is 151 Å². The van der Waals surface area contributed by atoms with Gasteiger partial charge in [-0.1, -0.05) is 38.0 Å². The second kappa shape index (κ2) is 6.49. The van der Waals surface area contributed by atoms with Gasteiger partial charge in [-0.2, -0.15) is 0 Å². The molecule has 1 saturated carbocycles. The van der Waals surface area contributed by atoms with Crippen LogP contribution in [-0.4, -0.2) is 46.8 Å². The Morgan fingerprint density at radius 3 is 2.56 bits per heavy atom. The number of hydrogen-bond donors (Lipinski definition) is 3. The monoisotopic (exact) mass is 350 g/mol. The third kappa shape index (κ3) is 2.91. The molecule has 0 aromatic heterocycles. The average Bonchev–Trinajstić information content (AvgIpc) is 2.96. The van der Waals surface area contributed by atoms with E-state index < -0.39 is 23.2 Å². The van der Waals surface area contributed by atoms with E-state index >= 15 is 0 Å². The van der Waals surface area contributed by atoms with Crippen LogP contribution in [0.5, 0.6) is 0 Å². The molecular formula is C21H34O4. The zero-order valence-corrected chi connectivity index (χ0v) is 16.2. The van der Waals surface area contributed by atoms with Crippen LogP contribution < -0.4 is 0 Å². The van der Waals surface area contributed by atoms with Crippen LogP contribution in [0.25, 0.3) is 0 Å². The highest BCUT2D eigenvalue weighted by Crippen LogP contribution is 2.55. The van der Waals surface area contributed by atoms with Gasteiger partial charge in [0.15, 0.2) is 0 Å². The lowest BCUT2D eigenvalue weighted by Gasteiger charge is -2.39. The molecule has 1 unspecified atom stereocenters. The lowest BCUT2D eigenvalue weighted by Crippen LogP contribution is -2.40. The van der Waals surface area contributed by atoms with Gasteiger partial charge in [-0.15, -0.1) is 0 Å². The summed E-state index contributed by atoms with van der Waals surface area (Å²) in [5, 5.41) is 33.1. The van der Waals surface area contributed by atoms with Crippen molar-refractivity contribution in [3.05, 3.63) is 22.8 Å². The number of fused-ring (bicyclic) bond motifs is 2. The van der Waals surface area contributed by atoms with E-state index in [0.29, 0.717) is 25.2 Å². The maximum Gasteiger partial charge on any atom is 0.109 e. The molecule has 1 fully saturated rings. The van der Waals surface area contributed by atoms with Gasteiger partial charge in [-0.05, 0) is 55.9 Å². The van der Waals surface area contributed by atoms with Gasteiger partial charge < -0.3 is 20.1 Å². The molecule has 3 N–H and O–H groups in total. The third-order valence-corrected chi connectivity index (χ3v) is 7.14. The van der Waals surface area contributed by atoms with Crippen molar-refractivity contribution >= 4 is 0 Å². The number of hydrogen-bond acceptors (Lipinski definition) is 4. The molecule has 4 nitrogen and oxygen atoms in total. The molecule has 3 rings (SSSR count). The minimum atomic E-state index is -0.987. The van der Waals surface area contributed by atoms with Gasteiger partial charge in [-0.25, -0.2) is 0 Å². The summed E-state index contributed by atoms with van der Waals surface area (Å²) in [6, 6.07) is 0. The molecule has 0 heterocycles. The molecule has 0 spiro atoms. The van der Waals surface area contributed by atoms with Crippen LogP contribution in [0.15, 0.2) is 22.8 Å². The Bertz CT molecular complexity index is 593. The van der Waals surface area contributed by atoms with Crippen LogP contribution >= 0.6 is 0 Å². The lowest BCUT2D eigenvalue weighted by atomic mass is 9.68. The maximum atomic E-state index is 11.2. The summed E-state index contributed by atoms with van der Waals surface area (Å²) in [4.78, 5) is 0. The van der Waals surface area contributed by atoms with E-state index in [1.807, 2.05) is 0 Å². The first kappa shape index (κ1) is 19.1. The first-order valence-corrected chi connectivity index (χ1v) is 9.67. The van der Waals surface area contributed by atoms with Crippen LogP contribution in [0.1, 0.15) is 53.4 Å². The Morgan fingerprint density at radius 2 is 1.96 bits per heavy atom. The van der Waals surface area contributed by atoms with Crippen molar-refractivity contribution in [2.75, 3.05) is 13.7 Å². The number of rotatable bonds is 3. The van der Waals surface area contributed by atoms with Gasteiger partial charge in [-0.3, -0.25) is 0 Å². The second-order valence-corrected chi connectivity index (χ2v) is 9.00. The molecule has 3 aliphatic rings. The summed E-state index contributed by atoms with van der Waals surface area (Å²) in [6.07, 6.45) is 3.96. The smallest absolute Gasteiger partial charge is 0.109 e. The van der Waals surface area contributed by atoms with Gasteiger partial charge in [0.25, 0.3) is 0 Å². The molecule has 4 heteroatoms. The molecule has 6 atom stereocenters. The molecule has 25 heavy (non-hydrogen) atoms. The summed E-state index contributed by atoms with van der Waals surface area (Å²) in [5.74, 6) is 0.577. The highest BCUT2D eigenvalue weighted by molar-refractivity contribution is 5.42. The zero-order chi connectivity index (χ0) is 18.6. The minimum Gasteiger partial charge on any atom is -0.392 e. The van der Waals surface area contributed by atoms with Crippen molar-refractivity contribution in [2.24, 2.45) is 23.2 Å². The highest BCUT2D eigenvalue weighted by Gasteiger charge is 2.52. The fourth-order valence-electron chi connectivity index (χ4n) is 5.42. The number of ether oxygens (including phenoxy) is 1. The molecule has 142 valence electrons. The van der Waals surface area contributed by atoms with E-state index in [2.05, 4.69) is 33.8 Å². The lowest BCUT2D eigenvalue weighted by molar-refractivity contribution is -0.00253. The molecule has 0 aliphatic heterocycles. The van der Waals surface area contributed by atoms with Crippen molar-refractivity contribution < 1.29 is 20.1 Å². The largest absolute Gasteiger partial charge is 0.392 e. The summed E-state index contributed by atoms with van der Waals surface area (Å²) < 4.78 is 5.31. The molecule has 3 aliphatic carbocycles. The van der Waals surface area contributed by atoms with Gasteiger partial charge >= 0.3 is 0 Å². The molecule has 0 bridgehead atoms. The highest BCUT2D eigenvalue weighted by atomic mass is 16.5. The Balaban J connectivity index is 2.17. The van der Waals surface area contributed by atoms with Crippen molar-refractivity contribution in [2.45, 2.75) is 71.2 Å². The normalized spacial score (nSPS) is 46.5. The number of aliphatic hydroxyl groups is 3. The van der Waals surface area contributed by atoms with E-state index in [1.54, 1.807) is 7.11 Å². The van der Waals surface area contributed by atoms with Gasteiger partial charge in [0, 0.05) is 12.5 Å². The number of methoxy groups -OCH3 is 1. The molecule has 0 saturated heterocycles. The molecule has 0 radical (unpaired) electrons. The van der Waals surface area contributed by atoms with E-state index in [1.165, 1.54) is 11.1 Å². The van der Waals surface area contributed by atoms with Crippen LogP contribution in [0.4, 0.5) is 0 Å². The van der Waals surface area contributed by atoms with E-state index in [4.69, 9.17) is 4.74 Å². The summed E-state index contributed by atoms with van der Waals surface area (Å²) in [7, 11) is 1.61. The van der Waals surface area contributed by atoms with Gasteiger partial charge in [0.1, 0.15) is 5.60 Å². The van der Waals surface area contributed by atoms with Crippen LogP contribution in [0.3, 0.4) is 0 Å². The first-order chi connectivity index (χ1) is 11.6. The summed E-state index contributed by atoms with van der Waals surface area (Å²) in [6.45, 7) is 8.73. The fraction of sp³-hybridized carbons (Fsp3) is 0.810. The quantitative estimate of drug-likeness (QED) is 0.685. The first-order valence-electron chi connectivity index (χ1n) is 9.67. The van der Waals surface area contributed by atoms with Gasteiger partial charge in [0.2, 0.25) is 0 Å². The van der Waals surface area contributed by atoms with E-state index in [-0.39, 0.29) is 18.4 Å². The van der Waals surface area contributed by atoms with Crippen molar-refractivity contribution in [3.63, 3.8) is 0 Å². The molecule has 0 aromatic carbocycles. The van der Waals surface area contributed by atoms with Crippen LogP contribution in [0, 0.1) is 23.2 Å². The van der Waals surface area contributed by atoms with Crippen molar-refractivity contribution in [3.8, 4) is 0 Å². The summed E-state index contributed by atoms with van der Waals surface area (Å²) in [5.41, 5.74) is 1.90. The Morgan fingerprint density at radius 1 is 1.28 bits per heavy atom. The Kier molecular flexibility index (Phi) is 4.95. The SMILES string of the molecule is COC[C@@]1(O)CCC2/C1=C\[C@]1(C)C(=C(C(C)C)C[C@@H]1O)C[C@H](O)[C@@H]2C. The molecule has 0 aromatic rings. The predicted octanol–water partition coefficient (Wildman–Crippen LogP) is 2.82. The number of aliphatic hydroxyl groups excluding tert-OH is 2. The fourth-order valence-corrected chi connectivity index (χ4v) is 5.42. The van der Waals surface area contributed by atoms with E-state index in [0.717, 1.165) is 12.0 Å². The standard InChI is InChI=1S/C21H34O4/c1-12(2)15-8-19(23)20(4)10-17-14(6-7-21(17,24)11-25-5)13(3)18(22)9-16(15)20/h10,12-14,18-19,22-24H,6-9,11H2,1-5H3/b17-10+/t13-,14?,18+,19+,20-,21+/m1/s1. The van der Waals surface area contributed by atoms with Crippen molar-refractivity contribution in [1.29, 1.82) is 0 Å². The van der Waals surface area contributed by atoms with Crippen molar-refractivity contribution in [1.82, 2.24) is 0 Å². The predicted molar refractivity (Wildman–Crippen MR) is 98.0 cm³/mol. The average molecular weight is 350 g/mol. The van der Waals surface area contributed by atoms with Crippen LogP contribution in [-0.2, 0) is 4.74 Å². The maximum absolute atomic E-state index is 11.2. The van der Waals surface area contributed by atoms with Gasteiger partial charge in [0.05, 0.1) is 18.8 Å². The van der Waals surface area contributed by atoms with Crippen LogP contribution in [0.2, 0.25) is 0 Å². The second-order valence-electron chi connectivity index (χ2n) is 9.00. The minimum absolute atomic E-state index is 0.0836. The molecule has 0 amide bonds. The third-order valence-electron chi connectivity index (χ3n) is 7.14. The Hall–Kier alpha value is -0.680. The van der Waals surface area contributed by atoms with E-state index in [9.17, 15) is 15.3 Å².